The van der Waals surface area contributed by atoms with E-state index in [0.29, 0.717) is 0 Å². The Morgan fingerprint density at radius 3 is 1.80 bits per heavy atom. The van der Waals surface area contributed by atoms with E-state index < -0.39 is 11.6 Å². The molecular weight excluding hydrogens is 488 g/mol. The van der Waals surface area contributed by atoms with E-state index in [9.17, 15) is 5.11 Å². The molecule has 5 aromatic carbocycles. The Morgan fingerprint density at radius 1 is 0.675 bits per heavy atom. The van der Waals surface area contributed by atoms with E-state index in [1.165, 1.54) is 5.56 Å². The lowest BCUT2D eigenvalue weighted by Gasteiger charge is -2.37. The Balaban J connectivity index is 1.54. The van der Waals surface area contributed by atoms with E-state index in [2.05, 4.69) is 121 Å². The summed E-state index contributed by atoms with van der Waals surface area (Å²) in [5.41, 5.74) is 7.44. The SMILES string of the molecule is CCc1cccc(C(O)c2ccccc2-c2cn(C(c3ccccc3)(c3ccccc3)c3ccccc3)cn2)c1. The molecule has 0 saturated heterocycles. The van der Waals surface area contributed by atoms with E-state index in [-0.39, 0.29) is 0 Å². The van der Waals surface area contributed by atoms with Crippen molar-refractivity contribution in [3.05, 3.63) is 185 Å². The van der Waals surface area contributed by atoms with Crippen molar-refractivity contribution in [3.63, 3.8) is 0 Å². The van der Waals surface area contributed by atoms with E-state index in [4.69, 9.17) is 4.98 Å². The molecule has 0 aliphatic rings. The second-order valence-electron chi connectivity index (χ2n) is 10.1. The molecular formula is C37H32N2O. The lowest BCUT2D eigenvalue weighted by Crippen LogP contribution is -2.36. The number of imidazole rings is 1. The molecule has 1 aromatic heterocycles. The Bertz CT molecular complexity index is 1590. The van der Waals surface area contributed by atoms with E-state index in [1.807, 2.05) is 42.7 Å². The molecule has 0 aliphatic carbocycles. The van der Waals surface area contributed by atoms with Crippen LogP contribution < -0.4 is 0 Å². The summed E-state index contributed by atoms with van der Waals surface area (Å²) in [5, 5.41) is 11.5. The van der Waals surface area contributed by atoms with Crippen LogP contribution in [-0.2, 0) is 12.0 Å². The molecule has 3 heteroatoms. The minimum Gasteiger partial charge on any atom is -0.384 e. The summed E-state index contributed by atoms with van der Waals surface area (Å²) in [7, 11) is 0. The highest BCUT2D eigenvalue weighted by atomic mass is 16.3. The summed E-state index contributed by atoms with van der Waals surface area (Å²) in [6.07, 6.45) is 4.20. The molecule has 0 aliphatic heterocycles. The number of aromatic nitrogens is 2. The Labute approximate surface area is 236 Å². The summed E-state index contributed by atoms with van der Waals surface area (Å²) in [6.45, 7) is 2.13. The van der Waals surface area contributed by atoms with Crippen LogP contribution in [-0.4, -0.2) is 14.7 Å². The topological polar surface area (TPSA) is 38.0 Å². The van der Waals surface area contributed by atoms with Gasteiger partial charge in [-0.1, -0.05) is 146 Å². The number of aliphatic hydroxyl groups is 1. The average Bonchev–Trinajstić information content (AvgIpc) is 3.53. The van der Waals surface area contributed by atoms with Gasteiger partial charge in [0.2, 0.25) is 0 Å². The molecule has 0 fully saturated rings. The molecule has 0 radical (unpaired) electrons. The van der Waals surface area contributed by atoms with Gasteiger partial charge < -0.3 is 9.67 Å². The van der Waals surface area contributed by atoms with Crippen LogP contribution in [0.2, 0.25) is 0 Å². The highest BCUT2D eigenvalue weighted by molar-refractivity contribution is 5.65. The summed E-state index contributed by atoms with van der Waals surface area (Å²) in [6, 6.07) is 48.0. The average molecular weight is 521 g/mol. The molecule has 1 unspecified atom stereocenters. The van der Waals surface area contributed by atoms with Crippen molar-refractivity contribution in [2.75, 3.05) is 0 Å². The first-order chi connectivity index (χ1) is 19.7. The monoisotopic (exact) mass is 520 g/mol. The predicted octanol–water partition coefficient (Wildman–Crippen LogP) is 8.03. The van der Waals surface area contributed by atoms with Gasteiger partial charge in [0.15, 0.2) is 0 Å². The fourth-order valence-corrected chi connectivity index (χ4v) is 5.76. The van der Waals surface area contributed by atoms with Gasteiger partial charge in [0.25, 0.3) is 0 Å². The van der Waals surface area contributed by atoms with Gasteiger partial charge in [-0.25, -0.2) is 4.98 Å². The van der Waals surface area contributed by atoms with Crippen molar-refractivity contribution in [2.45, 2.75) is 25.0 Å². The van der Waals surface area contributed by atoms with Crippen molar-refractivity contribution < 1.29 is 5.11 Å². The van der Waals surface area contributed by atoms with Crippen LogP contribution in [0.15, 0.2) is 152 Å². The summed E-state index contributed by atoms with van der Waals surface area (Å²) >= 11 is 0. The number of hydrogen-bond donors (Lipinski definition) is 1. The smallest absolute Gasteiger partial charge is 0.121 e. The third-order valence-corrected chi connectivity index (χ3v) is 7.75. The summed E-state index contributed by atoms with van der Waals surface area (Å²) in [4.78, 5) is 4.95. The van der Waals surface area contributed by atoms with Crippen molar-refractivity contribution in [3.8, 4) is 11.3 Å². The zero-order chi connectivity index (χ0) is 27.4. The number of rotatable bonds is 8. The molecule has 0 bridgehead atoms. The molecule has 196 valence electrons. The standard InChI is InChI=1S/C37H32N2O/c1-2-28-15-14-16-29(25-28)36(40)34-24-13-12-23-33(34)35-26-39(27-38-35)37(30-17-6-3-7-18-30,31-19-8-4-9-20-31)32-21-10-5-11-22-32/h3-27,36,40H,2H2,1H3. The second-order valence-corrected chi connectivity index (χ2v) is 10.1. The molecule has 1 heterocycles. The Kier molecular flexibility index (Phi) is 7.13. The molecule has 0 amide bonds. The van der Waals surface area contributed by atoms with Crippen LogP contribution in [0.25, 0.3) is 11.3 Å². The van der Waals surface area contributed by atoms with Crippen LogP contribution >= 0.6 is 0 Å². The minimum absolute atomic E-state index is 0.641. The van der Waals surface area contributed by atoms with Gasteiger partial charge >= 0.3 is 0 Å². The number of aliphatic hydroxyl groups excluding tert-OH is 1. The molecule has 0 spiro atoms. The Morgan fingerprint density at radius 2 is 1.23 bits per heavy atom. The van der Waals surface area contributed by atoms with Crippen LogP contribution in [0.3, 0.4) is 0 Å². The zero-order valence-electron chi connectivity index (χ0n) is 22.6. The summed E-state index contributed by atoms with van der Waals surface area (Å²) < 4.78 is 2.21. The van der Waals surface area contributed by atoms with Crippen LogP contribution in [0.1, 0.15) is 46.4 Å². The van der Waals surface area contributed by atoms with Crippen LogP contribution in [0.5, 0.6) is 0 Å². The first kappa shape index (κ1) is 25.5. The van der Waals surface area contributed by atoms with Gasteiger partial charge in [0.1, 0.15) is 11.6 Å². The fraction of sp³-hybridized carbons (Fsp3) is 0.108. The number of aryl methyl sites for hydroxylation is 1. The molecule has 0 saturated carbocycles. The molecule has 1 N–H and O–H groups in total. The maximum atomic E-state index is 11.5. The van der Waals surface area contributed by atoms with Crippen molar-refractivity contribution in [1.82, 2.24) is 9.55 Å². The van der Waals surface area contributed by atoms with Crippen molar-refractivity contribution >= 4 is 0 Å². The fourth-order valence-electron chi connectivity index (χ4n) is 5.76. The highest BCUT2D eigenvalue weighted by Gasteiger charge is 2.38. The Hall–Kier alpha value is -4.73. The second kappa shape index (κ2) is 11.2. The van der Waals surface area contributed by atoms with Crippen LogP contribution in [0.4, 0.5) is 0 Å². The maximum Gasteiger partial charge on any atom is 0.121 e. The first-order valence-electron chi connectivity index (χ1n) is 13.8. The minimum atomic E-state index is -0.755. The lowest BCUT2D eigenvalue weighted by molar-refractivity contribution is 0.221. The van der Waals surface area contributed by atoms with Gasteiger partial charge in [0.05, 0.1) is 12.0 Å². The van der Waals surface area contributed by atoms with E-state index >= 15 is 0 Å². The van der Waals surface area contributed by atoms with Crippen molar-refractivity contribution in [2.24, 2.45) is 0 Å². The lowest BCUT2D eigenvalue weighted by atomic mass is 9.76. The van der Waals surface area contributed by atoms with Gasteiger partial charge in [-0.05, 0) is 39.8 Å². The van der Waals surface area contributed by atoms with E-state index in [1.54, 1.807) is 0 Å². The number of hydrogen-bond acceptors (Lipinski definition) is 2. The maximum absolute atomic E-state index is 11.5. The molecule has 40 heavy (non-hydrogen) atoms. The third kappa shape index (κ3) is 4.55. The van der Waals surface area contributed by atoms with Gasteiger partial charge in [-0.15, -0.1) is 0 Å². The predicted molar refractivity (Wildman–Crippen MR) is 162 cm³/mol. The van der Waals surface area contributed by atoms with Crippen LogP contribution in [0, 0.1) is 0 Å². The number of nitrogens with zero attached hydrogens (tertiary/aromatic N) is 2. The molecule has 3 nitrogen and oxygen atoms in total. The largest absolute Gasteiger partial charge is 0.384 e. The molecule has 6 rings (SSSR count). The first-order valence-corrected chi connectivity index (χ1v) is 13.8. The summed E-state index contributed by atoms with van der Waals surface area (Å²) in [5.74, 6) is 0. The van der Waals surface area contributed by atoms with Gasteiger partial charge in [-0.2, -0.15) is 0 Å². The number of benzene rings is 5. The molecule has 6 aromatic rings. The van der Waals surface area contributed by atoms with E-state index in [0.717, 1.165) is 45.5 Å². The third-order valence-electron chi connectivity index (χ3n) is 7.75. The quantitative estimate of drug-likeness (QED) is 0.206. The van der Waals surface area contributed by atoms with Gasteiger partial charge in [0, 0.05) is 11.8 Å². The van der Waals surface area contributed by atoms with Gasteiger partial charge in [-0.3, -0.25) is 0 Å². The highest BCUT2D eigenvalue weighted by Crippen LogP contribution is 2.42. The molecule has 1 atom stereocenters. The normalized spacial score (nSPS) is 12.2. The van der Waals surface area contributed by atoms with Crippen molar-refractivity contribution in [1.29, 1.82) is 0 Å². The zero-order valence-corrected chi connectivity index (χ0v) is 22.6.